The molecule has 5 nitrogen and oxygen atoms in total. The van der Waals surface area contributed by atoms with E-state index in [1.807, 2.05) is 0 Å². The van der Waals surface area contributed by atoms with Crippen LogP contribution in [0.4, 0.5) is 4.79 Å². The predicted octanol–water partition coefficient (Wildman–Crippen LogP) is 0.847. The van der Waals surface area contributed by atoms with E-state index < -0.39 is 28.9 Å². The number of hydrogen-bond donors (Lipinski definition) is 1. The van der Waals surface area contributed by atoms with Crippen LogP contribution in [0.15, 0.2) is 0 Å². The molecule has 0 aromatic rings. The van der Waals surface area contributed by atoms with Gasteiger partial charge in [0.15, 0.2) is 0 Å². The first-order valence-corrected chi connectivity index (χ1v) is 6.72. The molecule has 0 aliphatic rings. The van der Waals surface area contributed by atoms with Crippen LogP contribution in [-0.2, 0) is 20.7 Å². The van der Waals surface area contributed by atoms with E-state index in [4.69, 9.17) is 4.74 Å². The molecule has 2 atom stereocenters. The quantitative estimate of drug-likeness (QED) is 0.578. The Morgan fingerprint density at radius 1 is 1.56 bits per heavy atom. The molecule has 6 heteroatoms. The fourth-order valence-corrected chi connectivity index (χ4v) is 1.51. The van der Waals surface area contributed by atoms with Crippen molar-refractivity contribution in [1.29, 1.82) is 0 Å². The summed E-state index contributed by atoms with van der Waals surface area (Å²) in [5.74, 6) is 0.374. The van der Waals surface area contributed by atoms with E-state index in [1.54, 1.807) is 27.0 Å². The van der Waals surface area contributed by atoms with Gasteiger partial charge in [0, 0.05) is 6.42 Å². The first-order valence-electron chi connectivity index (χ1n) is 4.99. The Bertz CT molecular complexity index is 237. The summed E-state index contributed by atoms with van der Waals surface area (Å²) < 4.78 is 15.8. The summed E-state index contributed by atoms with van der Waals surface area (Å²) >= 11 is -0.973. The smallest absolute Gasteiger partial charge is 0.408 e. The number of hydrogen-bond acceptors (Lipinski definition) is 4. The number of alkyl carbamates (subject to hydrolysis) is 1. The molecule has 0 saturated carbocycles. The van der Waals surface area contributed by atoms with Crippen LogP contribution in [0, 0.1) is 0 Å². The molecule has 0 aliphatic carbocycles. The Labute approximate surface area is 99.1 Å². The number of amides is 1. The van der Waals surface area contributed by atoms with Crippen LogP contribution < -0.4 is 5.32 Å². The Balaban J connectivity index is 4.02. The summed E-state index contributed by atoms with van der Waals surface area (Å²) in [6.07, 6.45) is 1.89. The van der Waals surface area contributed by atoms with Crippen molar-refractivity contribution in [3.05, 3.63) is 0 Å². The lowest BCUT2D eigenvalue weighted by molar-refractivity contribution is -0.109. The Hall–Kier alpha value is -0.750. The van der Waals surface area contributed by atoms with Gasteiger partial charge in [0.25, 0.3) is 0 Å². The molecule has 0 rings (SSSR count). The van der Waals surface area contributed by atoms with Gasteiger partial charge in [-0.3, -0.25) is 0 Å². The molecular weight excluding hydrogens is 230 g/mol. The molecule has 1 amide bonds. The third kappa shape index (κ3) is 8.55. The highest BCUT2D eigenvalue weighted by Gasteiger charge is 2.19. The van der Waals surface area contributed by atoms with E-state index >= 15 is 0 Å². The topological polar surface area (TPSA) is 78.5 Å². The zero-order valence-electron chi connectivity index (χ0n) is 10.1. The molecular formula is C10H19NO4S. The van der Waals surface area contributed by atoms with Crippen molar-refractivity contribution in [2.75, 3.05) is 12.0 Å². The van der Waals surface area contributed by atoms with Crippen LogP contribution in [0.2, 0.25) is 0 Å². The summed E-state index contributed by atoms with van der Waals surface area (Å²) in [4.78, 5) is 22.0. The van der Waals surface area contributed by atoms with Gasteiger partial charge in [-0.15, -0.1) is 0 Å². The van der Waals surface area contributed by atoms with E-state index in [-0.39, 0.29) is 0 Å². The van der Waals surface area contributed by atoms with E-state index in [1.165, 1.54) is 0 Å². The molecule has 0 bridgehead atoms. The van der Waals surface area contributed by atoms with Gasteiger partial charge in [0.2, 0.25) is 0 Å². The van der Waals surface area contributed by atoms with Crippen LogP contribution in [-0.4, -0.2) is 40.6 Å². The molecule has 0 heterocycles. The van der Waals surface area contributed by atoms with E-state index in [9.17, 15) is 14.1 Å². The first-order chi connectivity index (χ1) is 7.24. The van der Waals surface area contributed by atoms with Crippen LogP contribution >= 0.6 is 0 Å². The monoisotopic (exact) mass is 249 g/mol. The van der Waals surface area contributed by atoms with Crippen molar-refractivity contribution in [3.8, 4) is 0 Å². The second kappa shape index (κ2) is 6.75. The fourth-order valence-electron chi connectivity index (χ4n) is 0.926. The number of rotatable bonds is 5. The molecule has 0 spiro atoms. The third-order valence-electron chi connectivity index (χ3n) is 1.58. The van der Waals surface area contributed by atoms with Gasteiger partial charge in [0.05, 0.1) is 12.3 Å². The second-order valence-corrected chi connectivity index (χ2v) is 6.01. The average Bonchev–Trinajstić information content (AvgIpc) is 2.08. The molecule has 0 aliphatic heterocycles. The molecule has 1 unspecified atom stereocenters. The van der Waals surface area contributed by atoms with Crippen molar-refractivity contribution < 1.29 is 18.9 Å². The van der Waals surface area contributed by atoms with Crippen LogP contribution in [0.3, 0.4) is 0 Å². The summed E-state index contributed by atoms with van der Waals surface area (Å²) in [7, 11) is 0. The van der Waals surface area contributed by atoms with Crippen molar-refractivity contribution in [2.45, 2.75) is 38.8 Å². The number of aldehydes is 1. The molecule has 0 radical (unpaired) electrons. The summed E-state index contributed by atoms with van der Waals surface area (Å²) in [6, 6.07) is -0.640. The minimum absolute atomic E-state index is 0.353. The van der Waals surface area contributed by atoms with Gasteiger partial charge in [0.1, 0.15) is 17.6 Å². The number of ether oxygens (including phenoxy) is 1. The van der Waals surface area contributed by atoms with Crippen molar-refractivity contribution in [3.63, 3.8) is 0 Å². The third-order valence-corrected chi connectivity index (χ3v) is 2.39. The van der Waals surface area contributed by atoms with E-state index in [2.05, 4.69) is 5.32 Å². The molecule has 94 valence electrons. The summed E-state index contributed by atoms with van der Waals surface area (Å²) in [6.45, 7) is 5.22. The highest BCUT2D eigenvalue weighted by atomic mass is 32.2. The maximum Gasteiger partial charge on any atom is 0.408 e. The zero-order valence-corrected chi connectivity index (χ0v) is 10.9. The van der Waals surface area contributed by atoms with Gasteiger partial charge in [-0.1, -0.05) is 11.2 Å². The number of carbonyl (C=O) groups is 2. The van der Waals surface area contributed by atoms with Gasteiger partial charge < -0.3 is 19.4 Å². The molecule has 16 heavy (non-hydrogen) atoms. The zero-order chi connectivity index (χ0) is 12.8. The standard InChI is InChI=1S/C10H19NO4S/c1-10(2,3)15-9(13)11-8(7-12)5-6-16(4)14/h7-8H,5-6H2,1-4H3,(H,11,13)/t8-,16?/m0/s1. The van der Waals surface area contributed by atoms with Crippen molar-refractivity contribution in [2.24, 2.45) is 0 Å². The van der Waals surface area contributed by atoms with Gasteiger partial charge in [-0.05, 0) is 20.8 Å². The maximum atomic E-state index is 11.3. The SMILES string of the molecule is C[S+]([O-])CC[C@@H](C=O)NC(=O)OC(C)(C)C. The number of carbonyl (C=O) groups excluding carboxylic acids is 2. The van der Waals surface area contributed by atoms with Crippen molar-refractivity contribution >= 4 is 23.6 Å². The van der Waals surface area contributed by atoms with E-state index in [0.29, 0.717) is 18.5 Å². The fraction of sp³-hybridized carbons (Fsp3) is 0.800. The van der Waals surface area contributed by atoms with Crippen LogP contribution in [0.1, 0.15) is 27.2 Å². The molecule has 0 aromatic heterocycles. The van der Waals surface area contributed by atoms with Crippen LogP contribution in [0.25, 0.3) is 0 Å². The highest BCUT2D eigenvalue weighted by molar-refractivity contribution is 7.90. The van der Waals surface area contributed by atoms with Crippen molar-refractivity contribution in [1.82, 2.24) is 5.32 Å². The second-order valence-electron chi connectivity index (χ2n) is 4.45. The van der Waals surface area contributed by atoms with Gasteiger partial charge in [-0.2, -0.15) is 0 Å². The lowest BCUT2D eigenvalue weighted by Gasteiger charge is -2.21. The minimum Gasteiger partial charge on any atom is -0.617 e. The van der Waals surface area contributed by atoms with E-state index in [0.717, 1.165) is 0 Å². The summed E-state index contributed by atoms with van der Waals surface area (Å²) in [5, 5.41) is 2.41. The Kier molecular flexibility index (Phi) is 6.43. The van der Waals surface area contributed by atoms with Gasteiger partial charge >= 0.3 is 6.09 Å². The molecule has 0 aromatic carbocycles. The first kappa shape index (κ1) is 15.2. The largest absolute Gasteiger partial charge is 0.617 e. The summed E-state index contributed by atoms with van der Waals surface area (Å²) in [5.41, 5.74) is -0.592. The Morgan fingerprint density at radius 2 is 2.12 bits per heavy atom. The minimum atomic E-state index is -0.973. The lowest BCUT2D eigenvalue weighted by atomic mass is 10.2. The lowest BCUT2D eigenvalue weighted by Crippen LogP contribution is -2.40. The molecule has 0 fully saturated rings. The normalized spacial score (nSPS) is 15.1. The molecule has 0 saturated heterocycles. The molecule has 1 N–H and O–H groups in total. The number of nitrogens with one attached hydrogen (secondary N) is 1. The highest BCUT2D eigenvalue weighted by Crippen LogP contribution is 2.07. The maximum absolute atomic E-state index is 11.3. The van der Waals surface area contributed by atoms with Crippen LogP contribution in [0.5, 0.6) is 0 Å². The van der Waals surface area contributed by atoms with Gasteiger partial charge in [-0.25, -0.2) is 4.79 Å². The predicted molar refractivity (Wildman–Crippen MR) is 62.8 cm³/mol. The average molecular weight is 249 g/mol. The Morgan fingerprint density at radius 3 is 2.50 bits per heavy atom.